The molecule has 1 heterocycles. The summed E-state index contributed by atoms with van der Waals surface area (Å²) >= 11 is 0. The Labute approximate surface area is 224 Å². The number of aromatic nitrogens is 1. The average Bonchev–Trinajstić information content (AvgIpc) is 2.89. The summed E-state index contributed by atoms with van der Waals surface area (Å²) in [7, 11) is 4.24. The molecular weight excluding hydrogens is 518 g/mol. The number of benzene rings is 2. The van der Waals surface area contributed by atoms with Crippen molar-refractivity contribution in [3.8, 4) is 23.0 Å². The predicted molar refractivity (Wildman–Crippen MR) is 134 cm³/mol. The second-order valence-corrected chi connectivity index (χ2v) is 8.09. The minimum Gasteiger partial charge on any atom is -0.499 e. The minimum absolute atomic E-state index is 0.0686. The van der Waals surface area contributed by atoms with Gasteiger partial charge in [-0.2, -0.15) is 0 Å². The molecule has 0 aliphatic heterocycles. The number of methoxy groups -OCH3 is 3. The maximum Gasteiger partial charge on any atom is 0.366 e. The van der Waals surface area contributed by atoms with Crippen LogP contribution in [-0.2, 0) is 9.53 Å². The zero-order chi connectivity index (χ0) is 29.3. The third kappa shape index (κ3) is 7.46. The number of esters is 1. The molecule has 12 heteroatoms. The van der Waals surface area contributed by atoms with Gasteiger partial charge < -0.3 is 29.8 Å². The molecule has 3 rings (SSSR count). The fraction of sp³-hybridized carbons (Fsp3) is 0.296. The number of hydrogen-bond donors (Lipinski definition) is 3. The maximum absolute atomic E-state index is 13.9. The van der Waals surface area contributed by atoms with Crippen molar-refractivity contribution in [2.45, 2.75) is 32.3 Å². The van der Waals surface area contributed by atoms with Crippen molar-refractivity contribution in [3.05, 3.63) is 77.1 Å². The number of nitrogens with zero attached hydrogens (tertiary/aromatic N) is 1. The lowest BCUT2D eigenvalue weighted by Gasteiger charge is -2.27. The van der Waals surface area contributed by atoms with E-state index < -0.39 is 47.0 Å². The quantitative estimate of drug-likeness (QED) is 0.209. The summed E-state index contributed by atoms with van der Waals surface area (Å²) in [6.07, 6.45) is 0.630. The smallest absolute Gasteiger partial charge is 0.366 e. The maximum atomic E-state index is 13.9. The van der Waals surface area contributed by atoms with Crippen molar-refractivity contribution in [2.24, 2.45) is 5.73 Å². The molecule has 0 aliphatic rings. The Bertz CT molecular complexity index is 1270. The van der Waals surface area contributed by atoms with Gasteiger partial charge in [0.15, 0.2) is 5.75 Å². The van der Waals surface area contributed by atoms with Gasteiger partial charge in [0, 0.05) is 22.3 Å². The van der Waals surface area contributed by atoms with E-state index in [9.17, 15) is 23.5 Å². The first-order chi connectivity index (χ1) is 18.5. The fourth-order valence-corrected chi connectivity index (χ4v) is 3.84. The van der Waals surface area contributed by atoms with Crippen molar-refractivity contribution in [3.63, 3.8) is 0 Å². The molecule has 4 N–H and O–H groups in total. The number of nitrogens with two attached hydrogens (primary N) is 1. The summed E-state index contributed by atoms with van der Waals surface area (Å²) in [5.74, 6) is -2.59. The number of aromatic hydroxyl groups is 1. The zero-order valence-electron chi connectivity index (χ0n) is 22.1. The molecule has 1 aromatic heterocycles. The Morgan fingerprint density at radius 3 is 1.82 bits per heavy atom. The fourth-order valence-electron chi connectivity index (χ4n) is 3.84. The zero-order valence-corrected chi connectivity index (χ0v) is 22.1. The molecule has 0 saturated carbocycles. The van der Waals surface area contributed by atoms with Gasteiger partial charge in [0.25, 0.3) is 0 Å². The lowest BCUT2D eigenvalue weighted by Crippen LogP contribution is -2.39. The Balaban J connectivity index is 0.000000344. The Morgan fingerprint density at radius 1 is 0.923 bits per heavy atom. The number of primary amides is 1. The van der Waals surface area contributed by atoms with Crippen LogP contribution in [0.1, 0.15) is 47.8 Å². The van der Waals surface area contributed by atoms with Gasteiger partial charge >= 0.3 is 17.6 Å². The standard InChI is InChI=1S/C20H22F2O4.C7H8N2O4/c1-5-19(23)26-12(2)20(15-10-13(21)6-8-17(15)24-3)16-11-14(22)7-9-18(16)25-4;1-13-4-2-3-9(12)5(6(4)10)7(8)11/h6-12,20H,5H2,1-4H3;2-3H,1H3,(H3-,8,10,11,12)/p+1. The molecule has 0 spiro atoms. The number of carbonyl (C=O) groups is 2. The molecule has 39 heavy (non-hydrogen) atoms. The molecule has 1 unspecified atom stereocenters. The van der Waals surface area contributed by atoms with E-state index in [-0.39, 0.29) is 12.2 Å². The van der Waals surface area contributed by atoms with Crippen LogP contribution < -0.4 is 24.7 Å². The van der Waals surface area contributed by atoms with E-state index in [0.29, 0.717) is 27.4 Å². The van der Waals surface area contributed by atoms with Gasteiger partial charge in [0.05, 0.1) is 33.3 Å². The minimum atomic E-state index is -0.945. The van der Waals surface area contributed by atoms with Crippen LogP contribution in [0.25, 0.3) is 0 Å². The van der Waals surface area contributed by atoms with Gasteiger partial charge in [0.1, 0.15) is 29.2 Å². The summed E-state index contributed by atoms with van der Waals surface area (Å²) < 4.78 is 49.2. The molecule has 0 aliphatic carbocycles. The topological polar surface area (TPSA) is 141 Å². The first-order valence-corrected chi connectivity index (χ1v) is 11.7. The summed E-state index contributed by atoms with van der Waals surface area (Å²) in [5.41, 5.74) is 5.36. The second kappa shape index (κ2) is 13.8. The van der Waals surface area contributed by atoms with Crippen molar-refractivity contribution in [1.29, 1.82) is 0 Å². The van der Waals surface area contributed by atoms with Crippen molar-refractivity contribution in [1.82, 2.24) is 0 Å². The first kappa shape index (κ1) is 30.6. The molecule has 1 amide bonds. The van der Waals surface area contributed by atoms with Crippen LogP contribution in [0, 0.1) is 11.6 Å². The summed E-state index contributed by atoms with van der Waals surface area (Å²) in [6.45, 7) is 3.35. The van der Waals surface area contributed by atoms with Crippen LogP contribution >= 0.6 is 0 Å². The Hall–Kier alpha value is -4.61. The lowest BCUT2D eigenvalue weighted by molar-refractivity contribution is -0.906. The molecule has 0 bridgehead atoms. The average molecular weight is 550 g/mol. The number of rotatable bonds is 9. The molecule has 1 atom stereocenters. The second-order valence-electron chi connectivity index (χ2n) is 8.09. The van der Waals surface area contributed by atoms with Gasteiger partial charge in [-0.3, -0.25) is 14.8 Å². The largest absolute Gasteiger partial charge is 0.499 e. The van der Waals surface area contributed by atoms with E-state index in [1.165, 1.54) is 63.8 Å². The summed E-state index contributed by atoms with van der Waals surface area (Å²) in [4.78, 5) is 22.5. The third-order valence-electron chi connectivity index (χ3n) is 5.64. The van der Waals surface area contributed by atoms with Gasteiger partial charge in [-0.15, -0.1) is 0 Å². The summed E-state index contributed by atoms with van der Waals surface area (Å²) in [5, 5.41) is 18.4. The molecule has 0 saturated heterocycles. The Kier molecular flexibility index (Phi) is 10.8. The van der Waals surface area contributed by atoms with E-state index in [1.807, 2.05) is 0 Å². The highest BCUT2D eigenvalue weighted by Crippen LogP contribution is 2.40. The molecule has 0 fully saturated rings. The highest BCUT2D eigenvalue weighted by atomic mass is 19.1. The van der Waals surface area contributed by atoms with Crippen LogP contribution in [-0.4, -0.2) is 49.6 Å². The first-order valence-electron chi connectivity index (χ1n) is 11.7. The van der Waals surface area contributed by atoms with E-state index >= 15 is 0 Å². The molecular formula is C27H31F2N2O8+. The summed E-state index contributed by atoms with van der Waals surface area (Å²) in [6, 6.07) is 9.39. The highest BCUT2D eigenvalue weighted by molar-refractivity contribution is 5.92. The monoisotopic (exact) mass is 549 g/mol. The number of ether oxygens (including phenoxy) is 4. The van der Waals surface area contributed by atoms with Crippen LogP contribution in [0.15, 0.2) is 48.7 Å². The molecule has 3 aromatic rings. The van der Waals surface area contributed by atoms with Crippen molar-refractivity contribution in [2.75, 3.05) is 21.3 Å². The van der Waals surface area contributed by atoms with Crippen LogP contribution in [0.5, 0.6) is 23.0 Å². The van der Waals surface area contributed by atoms with Gasteiger partial charge in [-0.05, 0) is 43.3 Å². The number of hydrogen-bond acceptors (Lipinski definition) is 8. The SMILES string of the molecule is CCC(=O)OC(C)C(c1cc(F)ccc1OC)c1cc(F)ccc1OC.COc1cc[n+](O)c(C(N)=O)c1O. The van der Waals surface area contributed by atoms with Crippen molar-refractivity contribution >= 4 is 11.9 Å². The van der Waals surface area contributed by atoms with E-state index in [2.05, 4.69) is 0 Å². The third-order valence-corrected chi connectivity index (χ3v) is 5.64. The lowest BCUT2D eigenvalue weighted by atomic mass is 9.85. The highest BCUT2D eigenvalue weighted by Gasteiger charge is 2.30. The number of pyridine rings is 1. The predicted octanol–water partition coefficient (Wildman–Crippen LogP) is 3.48. The van der Waals surface area contributed by atoms with Gasteiger partial charge in [-0.25, -0.2) is 8.78 Å². The van der Waals surface area contributed by atoms with Gasteiger partial charge in [0.2, 0.25) is 11.9 Å². The molecule has 210 valence electrons. The van der Waals surface area contributed by atoms with Crippen LogP contribution in [0.3, 0.4) is 0 Å². The number of amides is 1. The Morgan fingerprint density at radius 2 is 1.41 bits per heavy atom. The molecule has 0 radical (unpaired) electrons. The number of halogens is 2. The van der Waals surface area contributed by atoms with E-state index in [1.54, 1.807) is 13.8 Å². The molecule has 2 aromatic carbocycles. The van der Waals surface area contributed by atoms with Crippen LogP contribution in [0.4, 0.5) is 8.78 Å². The normalized spacial score (nSPS) is 11.2. The van der Waals surface area contributed by atoms with Gasteiger partial charge in [-0.1, -0.05) is 6.92 Å². The van der Waals surface area contributed by atoms with Crippen molar-refractivity contribution < 1.29 is 52.4 Å². The molecule has 10 nitrogen and oxygen atoms in total. The van der Waals surface area contributed by atoms with Crippen LogP contribution in [0.2, 0.25) is 0 Å². The number of carbonyl (C=O) groups excluding carboxylic acids is 2. The van der Waals surface area contributed by atoms with E-state index in [4.69, 9.17) is 29.9 Å². The van der Waals surface area contributed by atoms with E-state index in [0.717, 1.165) is 6.20 Å².